The zero-order valence-corrected chi connectivity index (χ0v) is 11.7. The summed E-state index contributed by atoms with van der Waals surface area (Å²) in [4.78, 5) is 0. The number of rotatable bonds is 2. The van der Waals surface area contributed by atoms with Crippen molar-refractivity contribution in [1.82, 2.24) is 5.16 Å². The molecule has 4 nitrogen and oxygen atoms in total. The fraction of sp³-hybridized carbons (Fsp3) is 0.188. The van der Waals surface area contributed by atoms with Gasteiger partial charge in [0.1, 0.15) is 11.5 Å². The summed E-state index contributed by atoms with van der Waals surface area (Å²) in [7, 11) is 0. The van der Waals surface area contributed by atoms with E-state index in [0.29, 0.717) is 5.88 Å². The predicted molar refractivity (Wildman–Crippen MR) is 78.3 cm³/mol. The van der Waals surface area contributed by atoms with Crippen LogP contribution in [0.3, 0.4) is 0 Å². The zero-order chi connectivity index (χ0) is 14.3. The van der Waals surface area contributed by atoms with Gasteiger partial charge >= 0.3 is 0 Å². The molecule has 0 saturated heterocycles. The number of furan rings is 1. The lowest BCUT2D eigenvalue weighted by atomic mass is 9.98. The maximum atomic E-state index is 5.96. The Hall–Kier alpha value is -2.49. The molecular weight excluding hydrogens is 252 g/mol. The Bertz CT molecular complexity index is 769. The highest BCUT2D eigenvalue weighted by molar-refractivity contribution is 5.87. The smallest absolute Gasteiger partial charge is 0.230 e. The first-order chi connectivity index (χ1) is 9.58. The van der Waals surface area contributed by atoms with Gasteiger partial charge in [-0.05, 0) is 43.5 Å². The maximum absolute atomic E-state index is 5.96. The summed E-state index contributed by atoms with van der Waals surface area (Å²) in [5.41, 5.74) is 11.8. The first kappa shape index (κ1) is 12.5. The Morgan fingerprint density at radius 1 is 1.05 bits per heavy atom. The molecule has 0 aliphatic rings. The SMILES string of the molecule is Cc1ccc(-c2c(-c3ccoc3C)noc2N)cc1C. The van der Waals surface area contributed by atoms with Crippen LogP contribution in [0.1, 0.15) is 16.9 Å². The largest absolute Gasteiger partial charge is 0.469 e. The van der Waals surface area contributed by atoms with E-state index in [1.807, 2.05) is 19.1 Å². The van der Waals surface area contributed by atoms with Crippen molar-refractivity contribution in [3.63, 3.8) is 0 Å². The second kappa shape index (κ2) is 4.56. The Balaban J connectivity index is 2.21. The molecule has 1 aromatic carbocycles. The van der Waals surface area contributed by atoms with Crippen molar-refractivity contribution in [1.29, 1.82) is 0 Å². The number of aromatic nitrogens is 1. The standard InChI is InChI=1S/C16H16N2O2/c1-9-4-5-12(8-10(9)2)14-15(18-20-16(14)17)13-6-7-19-11(13)3/h4-8H,17H2,1-3H3. The number of nitrogen functional groups attached to an aromatic ring is 1. The molecule has 0 fully saturated rings. The van der Waals surface area contributed by atoms with Gasteiger partial charge < -0.3 is 14.7 Å². The number of hydrogen-bond acceptors (Lipinski definition) is 4. The minimum Gasteiger partial charge on any atom is -0.469 e. The minimum atomic E-state index is 0.323. The summed E-state index contributed by atoms with van der Waals surface area (Å²) in [5.74, 6) is 1.12. The predicted octanol–water partition coefficient (Wildman–Crippen LogP) is 4.11. The molecule has 102 valence electrons. The molecular formula is C16H16N2O2. The van der Waals surface area contributed by atoms with Crippen molar-refractivity contribution < 1.29 is 8.94 Å². The highest BCUT2D eigenvalue weighted by atomic mass is 16.5. The Morgan fingerprint density at radius 2 is 1.85 bits per heavy atom. The van der Waals surface area contributed by atoms with Crippen LogP contribution in [0, 0.1) is 20.8 Å². The highest BCUT2D eigenvalue weighted by Gasteiger charge is 2.20. The second-order valence-electron chi connectivity index (χ2n) is 4.96. The third kappa shape index (κ3) is 1.90. The Labute approximate surface area is 117 Å². The molecule has 3 rings (SSSR count). The molecule has 0 atom stereocenters. The first-order valence-electron chi connectivity index (χ1n) is 6.45. The van der Waals surface area contributed by atoms with E-state index in [1.165, 1.54) is 11.1 Å². The average molecular weight is 268 g/mol. The van der Waals surface area contributed by atoms with Crippen LogP contribution in [0.15, 0.2) is 39.5 Å². The number of hydrogen-bond donors (Lipinski definition) is 1. The van der Waals surface area contributed by atoms with Crippen LogP contribution in [0.25, 0.3) is 22.4 Å². The molecule has 0 aliphatic carbocycles. The molecule has 0 unspecified atom stereocenters. The molecule has 2 N–H and O–H groups in total. The lowest BCUT2D eigenvalue weighted by Gasteiger charge is -2.05. The van der Waals surface area contributed by atoms with E-state index in [1.54, 1.807) is 6.26 Å². The molecule has 20 heavy (non-hydrogen) atoms. The molecule has 0 saturated carbocycles. The Kier molecular flexibility index (Phi) is 2.86. The van der Waals surface area contributed by atoms with Crippen LogP contribution in [-0.2, 0) is 0 Å². The fourth-order valence-corrected chi connectivity index (χ4v) is 2.29. The molecule has 0 bridgehead atoms. The number of benzene rings is 1. The van der Waals surface area contributed by atoms with Gasteiger partial charge in [0.25, 0.3) is 0 Å². The van der Waals surface area contributed by atoms with Crippen molar-refractivity contribution in [2.75, 3.05) is 5.73 Å². The van der Waals surface area contributed by atoms with E-state index in [9.17, 15) is 0 Å². The van der Waals surface area contributed by atoms with Gasteiger partial charge in [-0.25, -0.2) is 0 Å². The van der Waals surface area contributed by atoms with Gasteiger partial charge in [0, 0.05) is 5.56 Å². The van der Waals surface area contributed by atoms with Crippen LogP contribution in [0.5, 0.6) is 0 Å². The third-order valence-corrected chi connectivity index (χ3v) is 3.63. The molecule has 0 amide bonds. The fourth-order valence-electron chi connectivity index (χ4n) is 2.29. The molecule has 3 aromatic rings. The van der Waals surface area contributed by atoms with E-state index in [0.717, 1.165) is 28.1 Å². The zero-order valence-electron chi connectivity index (χ0n) is 11.7. The normalized spacial score (nSPS) is 10.9. The van der Waals surface area contributed by atoms with E-state index >= 15 is 0 Å². The molecule has 0 spiro atoms. The van der Waals surface area contributed by atoms with Crippen molar-refractivity contribution in [2.45, 2.75) is 20.8 Å². The maximum Gasteiger partial charge on any atom is 0.230 e. The number of nitrogens with zero attached hydrogens (tertiary/aromatic N) is 1. The quantitative estimate of drug-likeness (QED) is 0.759. The van der Waals surface area contributed by atoms with Crippen molar-refractivity contribution in [3.05, 3.63) is 47.4 Å². The molecule has 4 heteroatoms. The average Bonchev–Trinajstić information content (AvgIpc) is 2.99. The van der Waals surface area contributed by atoms with Gasteiger partial charge in [-0.15, -0.1) is 0 Å². The second-order valence-corrected chi connectivity index (χ2v) is 4.96. The molecule has 0 aliphatic heterocycles. The van der Waals surface area contributed by atoms with Crippen LogP contribution in [-0.4, -0.2) is 5.16 Å². The Morgan fingerprint density at radius 3 is 2.50 bits per heavy atom. The third-order valence-electron chi connectivity index (χ3n) is 3.63. The van der Waals surface area contributed by atoms with Gasteiger partial charge in [-0.3, -0.25) is 0 Å². The van der Waals surface area contributed by atoms with Crippen LogP contribution < -0.4 is 5.73 Å². The molecule has 0 radical (unpaired) electrons. The van der Waals surface area contributed by atoms with Gasteiger partial charge in [0.05, 0.1) is 11.8 Å². The van der Waals surface area contributed by atoms with Crippen LogP contribution in [0.2, 0.25) is 0 Å². The molecule has 2 aromatic heterocycles. The monoisotopic (exact) mass is 268 g/mol. The highest BCUT2D eigenvalue weighted by Crippen LogP contribution is 2.38. The lowest BCUT2D eigenvalue weighted by molar-refractivity contribution is 0.439. The number of nitrogens with two attached hydrogens (primary N) is 1. The summed E-state index contributed by atoms with van der Waals surface area (Å²) >= 11 is 0. The number of aryl methyl sites for hydroxylation is 3. The minimum absolute atomic E-state index is 0.323. The van der Waals surface area contributed by atoms with Gasteiger partial charge in [-0.1, -0.05) is 23.4 Å². The van der Waals surface area contributed by atoms with E-state index < -0.39 is 0 Å². The van der Waals surface area contributed by atoms with E-state index in [2.05, 4.69) is 31.1 Å². The van der Waals surface area contributed by atoms with Gasteiger partial charge in [0.15, 0.2) is 0 Å². The van der Waals surface area contributed by atoms with Crippen molar-refractivity contribution in [2.24, 2.45) is 0 Å². The van der Waals surface area contributed by atoms with E-state index in [4.69, 9.17) is 14.7 Å². The number of anilines is 1. The van der Waals surface area contributed by atoms with Crippen molar-refractivity contribution >= 4 is 5.88 Å². The van der Waals surface area contributed by atoms with Gasteiger partial charge in [-0.2, -0.15) is 0 Å². The summed E-state index contributed by atoms with van der Waals surface area (Å²) < 4.78 is 10.5. The molecule has 2 heterocycles. The summed E-state index contributed by atoms with van der Waals surface area (Å²) in [6.45, 7) is 6.05. The first-order valence-corrected chi connectivity index (χ1v) is 6.45. The van der Waals surface area contributed by atoms with Gasteiger partial charge in [0.2, 0.25) is 5.88 Å². The topological polar surface area (TPSA) is 65.2 Å². The summed E-state index contributed by atoms with van der Waals surface area (Å²) in [6.07, 6.45) is 1.64. The van der Waals surface area contributed by atoms with Crippen LogP contribution in [0.4, 0.5) is 5.88 Å². The van der Waals surface area contributed by atoms with Crippen LogP contribution >= 0.6 is 0 Å². The lowest BCUT2D eigenvalue weighted by Crippen LogP contribution is -1.90. The summed E-state index contributed by atoms with van der Waals surface area (Å²) in [5, 5.41) is 4.09. The van der Waals surface area contributed by atoms with E-state index in [-0.39, 0.29) is 0 Å². The summed E-state index contributed by atoms with van der Waals surface area (Å²) in [6, 6.07) is 8.07. The van der Waals surface area contributed by atoms with Crippen molar-refractivity contribution in [3.8, 4) is 22.4 Å².